The number of nitrogens with one attached hydrogen (secondary N) is 1. The average molecular weight is 414 g/mol. The number of carbonyl (C=O) groups is 1. The van der Waals surface area contributed by atoms with E-state index in [-0.39, 0.29) is 5.91 Å². The van der Waals surface area contributed by atoms with Crippen molar-refractivity contribution in [2.75, 3.05) is 19.5 Å². The molecule has 0 saturated heterocycles. The van der Waals surface area contributed by atoms with Crippen LogP contribution in [0.3, 0.4) is 0 Å². The molecule has 0 aliphatic carbocycles. The van der Waals surface area contributed by atoms with E-state index in [0.29, 0.717) is 23.0 Å². The first-order valence-corrected chi connectivity index (χ1v) is 9.70. The summed E-state index contributed by atoms with van der Waals surface area (Å²) in [4.78, 5) is 21.3. The van der Waals surface area contributed by atoms with E-state index in [1.54, 1.807) is 32.6 Å². The number of amides is 1. The molecule has 1 N–H and O–H groups in total. The third-order valence-electron chi connectivity index (χ3n) is 4.88. The Hall–Kier alpha value is -4.13. The zero-order valence-electron chi connectivity index (χ0n) is 17.5. The Bertz CT molecular complexity index is 1280. The maximum Gasteiger partial charge on any atom is 0.248 e. The van der Waals surface area contributed by atoms with Gasteiger partial charge in [0.15, 0.2) is 11.5 Å². The Morgan fingerprint density at radius 2 is 1.90 bits per heavy atom. The summed E-state index contributed by atoms with van der Waals surface area (Å²) in [6.07, 6.45) is 6.85. The Morgan fingerprint density at radius 3 is 2.68 bits per heavy atom. The van der Waals surface area contributed by atoms with Gasteiger partial charge in [0.25, 0.3) is 0 Å². The molecule has 0 atom stereocenters. The van der Waals surface area contributed by atoms with Gasteiger partial charge in [0, 0.05) is 35.4 Å². The highest BCUT2D eigenvalue weighted by molar-refractivity contribution is 6.02. The molecule has 0 spiro atoms. The molecule has 2 aromatic heterocycles. The minimum absolute atomic E-state index is 0.236. The van der Waals surface area contributed by atoms with Gasteiger partial charge in [0.1, 0.15) is 0 Å². The fourth-order valence-corrected chi connectivity index (χ4v) is 3.33. The van der Waals surface area contributed by atoms with Crippen LogP contribution in [0.4, 0.5) is 5.69 Å². The van der Waals surface area contributed by atoms with Gasteiger partial charge in [-0.2, -0.15) is 0 Å². The van der Waals surface area contributed by atoms with Crippen molar-refractivity contribution in [2.45, 2.75) is 6.92 Å². The van der Waals surface area contributed by atoms with Crippen molar-refractivity contribution in [3.63, 3.8) is 0 Å². The quantitative estimate of drug-likeness (QED) is 0.474. The van der Waals surface area contributed by atoms with Crippen LogP contribution >= 0.6 is 0 Å². The molecule has 31 heavy (non-hydrogen) atoms. The third-order valence-corrected chi connectivity index (χ3v) is 4.88. The maximum atomic E-state index is 12.4. The number of aryl methyl sites for hydroxylation is 1. The molecular weight excluding hydrogens is 392 g/mol. The molecule has 0 bridgehead atoms. The number of methoxy groups -OCH3 is 2. The van der Waals surface area contributed by atoms with Crippen molar-refractivity contribution < 1.29 is 14.3 Å². The summed E-state index contributed by atoms with van der Waals surface area (Å²) in [7, 11) is 3.16. The van der Waals surface area contributed by atoms with Crippen molar-refractivity contribution in [3.05, 3.63) is 78.3 Å². The van der Waals surface area contributed by atoms with Crippen molar-refractivity contribution in [3.8, 4) is 22.8 Å². The molecular formula is C24H22N4O3. The number of nitrogens with zero attached hydrogens (tertiary/aromatic N) is 3. The van der Waals surface area contributed by atoms with E-state index in [2.05, 4.69) is 15.3 Å². The number of anilines is 1. The van der Waals surface area contributed by atoms with Crippen LogP contribution in [0.2, 0.25) is 0 Å². The molecule has 0 unspecified atom stereocenters. The summed E-state index contributed by atoms with van der Waals surface area (Å²) in [6.45, 7) is 1.99. The Labute approximate surface area is 180 Å². The van der Waals surface area contributed by atoms with Gasteiger partial charge in [-0.15, -0.1) is 0 Å². The first-order valence-electron chi connectivity index (χ1n) is 9.70. The molecule has 0 fully saturated rings. The topological polar surface area (TPSA) is 77.8 Å². The highest BCUT2D eigenvalue weighted by Crippen LogP contribution is 2.28. The largest absolute Gasteiger partial charge is 0.493 e. The van der Waals surface area contributed by atoms with Crippen molar-refractivity contribution in [1.29, 1.82) is 0 Å². The molecule has 0 saturated carbocycles. The molecule has 4 rings (SSSR count). The number of fused-ring (bicyclic) bond motifs is 1. The van der Waals surface area contributed by atoms with Crippen molar-refractivity contribution in [2.24, 2.45) is 0 Å². The first kappa shape index (κ1) is 20.2. The lowest BCUT2D eigenvalue weighted by Gasteiger charge is -2.08. The summed E-state index contributed by atoms with van der Waals surface area (Å²) in [5.41, 5.74) is 4.23. The van der Waals surface area contributed by atoms with E-state index < -0.39 is 0 Å². The van der Waals surface area contributed by atoms with Crippen LogP contribution in [0.1, 0.15) is 11.3 Å². The zero-order valence-corrected chi connectivity index (χ0v) is 17.5. The summed E-state index contributed by atoms with van der Waals surface area (Å²) in [5, 5.41) is 2.89. The van der Waals surface area contributed by atoms with Gasteiger partial charge < -0.3 is 14.8 Å². The van der Waals surface area contributed by atoms with Crippen LogP contribution in [0.5, 0.6) is 11.5 Å². The number of hydrogen-bond acceptors (Lipinski definition) is 5. The van der Waals surface area contributed by atoms with E-state index >= 15 is 0 Å². The van der Waals surface area contributed by atoms with Gasteiger partial charge in [-0.05, 0) is 48.9 Å². The van der Waals surface area contributed by atoms with E-state index in [9.17, 15) is 4.79 Å². The second kappa shape index (κ2) is 8.71. The van der Waals surface area contributed by atoms with Gasteiger partial charge >= 0.3 is 0 Å². The predicted molar refractivity (Wildman–Crippen MR) is 120 cm³/mol. The number of hydrogen-bond donors (Lipinski definition) is 1. The van der Waals surface area contributed by atoms with Gasteiger partial charge in [0.2, 0.25) is 11.7 Å². The number of carbonyl (C=O) groups excluding carboxylic acids is 1. The van der Waals surface area contributed by atoms with Gasteiger partial charge in [0.05, 0.1) is 19.9 Å². The molecule has 0 aliphatic heterocycles. The Morgan fingerprint density at radius 1 is 1.06 bits per heavy atom. The van der Waals surface area contributed by atoms with Crippen LogP contribution in [0.15, 0.2) is 67.0 Å². The SMILES string of the molecule is COc1ccc(/C=C/C(=O)Nc2cccc(-c3nc4ncccn4c3C)c2)cc1OC. The van der Waals surface area contributed by atoms with Gasteiger partial charge in [-0.3, -0.25) is 9.20 Å². The fraction of sp³-hybridized carbons (Fsp3) is 0.125. The average Bonchev–Trinajstić information content (AvgIpc) is 3.14. The molecule has 4 aromatic rings. The van der Waals surface area contributed by atoms with E-state index in [0.717, 1.165) is 22.5 Å². The number of rotatable bonds is 6. The minimum atomic E-state index is -0.236. The van der Waals surface area contributed by atoms with E-state index in [4.69, 9.17) is 9.47 Å². The predicted octanol–water partition coefficient (Wildman–Crippen LogP) is 4.37. The minimum Gasteiger partial charge on any atom is -0.493 e. The monoisotopic (exact) mass is 414 g/mol. The van der Waals surface area contributed by atoms with Crippen LogP contribution in [-0.2, 0) is 4.79 Å². The summed E-state index contributed by atoms with van der Waals surface area (Å²) in [6, 6.07) is 14.9. The normalized spacial score (nSPS) is 11.1. The van der Waals surface area contributed by atoms with E-state index in [1.165, 1.54) is 6.08 Å². The lowest BCUT2D eigenvalue weighted by atomic mass is 10.1. The molecule has 2 heterocycles. The molecule has 7 nitrogen and oxygen atoms in total. The number of imidazole rings is 1. The lowest BCUT2D eigenvalue weighted by molar-refractivity contribution is -0.111. The zero-order chi connectivity index (χ0) is 21.8. The van der Waals surface area contributed by atoms with Crippen LogP contribution in [0, 0.1) is 6.92 Å². The Kier molecular flexibility index (Phi) is 5.66. The second-order valence-electron chi connectivity index (χ2n) is 6.85. The van der Waals surface area contributed by atoms with Crippen LogP contribution in [0.25, 0.3) is 23.1 Å². The van der Waals surface area contributed by atoms with Crippen molar-refractivity contribution >= 4 is 23.4 Å². The molecule has 0 aliphatic rings. The number of benzene rings is 2. The fourth-order valence-electron chi connectivity index (χ4n) is 3.33. The summed E-state index contributed by atoms with van der Waals surface area (Å²) < 4.78 is 12.5. The van der Waals surface area contributed by atoms with Crippen LogP contribution in [-0.4, -0.2) is 34.5 Å². The van der Waals surface area contributed by atoms with Crippen molar-refractivity contribution in [1.82, 2.24) is 14.4 Å². The summed E-state index contributed by atoms with van der Waals surface area (Å²) in [5.74, 6) is 1.65. The molecule has 2 aromatic carbocycles. The lowest BCUT2D eigenvalue weighted by Crippen LogP contribution is -2.07. The van der Waals surface area contributed by atoms with Gasteiger partial charge in [-0.25, -0.2) is 9.97 Å². The van der Waals surface area contributed by atoms with Crippen LogP contribution < -0.4 is 14.8 Å². The second-order valence-corrected chi connectivity index (χ2v) is 6.85. The third kappa shape index (κ3) is 4.25. The molecule has 156 valence electrons. The highest BCUT2D eigenvalue weighted by atomic mass is 16.5. The first-order chi connectivity index (χ1) is 15.1. The standard InChI is InChI=1S/C24H22N4O3/c1-16-23(27-24-25-12-5-13-28(16)24)18-6-4-7-19(15-18)26-22(29)11-9-17-8-10-20(30-2)21(14-17)31-3/h4-15H,1-3H3,(H,26,29)/b11-9+. The summed E-state index contributed by atoms with van der Waals surface area (Å²) >= 11 is 0. The van der Waals surface area contributed by atoms with Gasteiger partial charge in [-0.1, -0.05) is 18.2 Å². The maximum absolute atomic E-state index is 12.4. The number of ether oxygens (including phenoxy) is 2. The highest BCUT2D eigenvalue weighted by Gasteiger charge is 2.11. The number of aromatic nitrogens is 3. The molecule has 1 amide bonds. The van der Waals surface area contributed by atoms with E-state index in [1.807, 2.05) is 60.0 Å². The molecule has 7 heteroatoms. The molecule has 0 radical (unpaired) electrons. The smallest absolute Gasteiger partial charge is 0.248 e. The Balaban J connectivity index is 1.52.